The molecule has 1 N–H and O–H groups in total. The zero-order valence-electron chi connectivity index (χ0n) is 18.0. The first kappa shape index (κ1) is 20.8. The van der Waals surface area contributed by atoms with Crippen LogP contribution in [0.5, 0.6) is 5.75 Å². The molecule has 1 aromatic heterocycles. The van der Waals surface area contributed by atoms with Crippen LogP contribution in [0.15, 0.2) is 60.7 Å². The maximum Gasteiger partial charge on any atom is 0.262 e. The van der Waals surface area contributed by atoms with Gasteiger partial charge in [-0.2, -0.15) is 0 Å². The largest absolute Gasteiger partial charge is 0.483 e. The van der Waals surface area contributed by atoms with E-state index in [0.717, 1.165) is 41.6 Å². The molecule has 0 spiro atoms. The molecule has 2 heterocycles. The van der Waals surface area contributed by atoms with E-state index in [1.54, 1.807) is 0 Å². The number of ether oxygens (including phenoxy) is 1. The zero-order chi connectivity index (χ0) is 21.6. The van der Waals surface area contributed by atoms with Crippen molar-refractivity contribution in [1.29, 1.82) is 0 Å². The number of hydrogen-bond donors (Lipinski definition) is 1. The third-order valence-electron chi connectivity index (χ3n) is 5.65. The predicted molar refractivity (Wildman–Crippen MR) is 123 cm³/mol. The SMILES string of the molecule is Cc1ccccc1OCC(=O)Nc1cccc(-c2ccc(N3CCC(C)CC3)nn2)c1. The van der Waals surface area contributed by atoms with Gasteiger partial charge >= 0.3 is 0 Å². The van der Waals surface area contributed by atoms with Gasteiger partial charge in [0, 0.05) is 24.3 Å². The minimum absolute atomic E-state index is 0.0436. The highest BCUT2D eigenvalue weighted by molar-refractivity contribution is 5.92. The van der Waals surface area contributed by atoms with E-state index < -0.39 is 0 Å². The molecule has 4 rings (SSSR count). The number of piperidine rings is 1. The normalized spacial score (nSPS) is 14.3. The molecule has 6 nitrogen and oxygen atoms in total. The van der Waals surface area contributed by atoms with Gasteiger partial charge < -0.3 is 15.0 Å². The van der Waals surface area contributed by atoms with E-state index in [-0.39, 0.29) is 12.5 Å². The first-order valence-corrected chi connectivity index (χ1v) is 10.8. The number of nitrogens with zero attached hydrogens (tertiary/aromatic N) is 3. The van der Waals surface area contributed by atoms with Gasteiger partial charge in [0.2, 0.25) is 0 Å². The Bertz CT molecular complexity index is 1030. The number of benzene rings is 2. The number of aryl methyl sites for hydroxylation is 1. The summed E-state index contributed by atoms with van der Waals surface area (Å²) in [6, 6.07) is 19.3. The Kier molecular flexibility index (Phi) is 6.46. The van der Waals surface area contributed by atoms with E-state index >= 15 is 0 Å². The van der Waals surface area contributed by atoms with Crippen molar-refractivity contribution in [1.82, 2.24) is 10.2 Å². The molecule has 0 atom stereocenters. The lowest BCUT2D eigenvalue weighted by atomic mass is 9.99. The Morgan fingerprint density at radius 2 is 1.87 bits per heavy atom. The molecule has 160 valence electrons. The molecule has 1 amide bonds. The Morgan fingerprint density at radius 1 is 1.06 bits per heavy atom. The van der Waals surface area contributed by atoms with Gasteiger partial charge in [0.1, 0.15) is 5.75 Å². The summed E-state index contributed by atoms with van der Waals surface area (Å²) < 4.78 is 5.62. The lowest BCUT2D eigenvalue weighted by Gasteiger charge is -2.30. The predicted octanol–water partition coefficient (Wildman–Crippen LogP) is 4.71. The van der Waals surface area contributed by atoms with Crippen LogP contribution in [0.4, 0.5) is 11.5 Å². The van der Waals surface area contributed by atoms with Crippen molar-refractivity contribution in [2.75, 3.05) is 29.9 Å². The second kappa shape index (κ2) is 9.60. The van der Waals surface area contributed by atoms with Crippen molar-refractivity contribution in [3.63, 3.8) is 0 Å². The van der Waals surface area contributed by atoms with Crippen molar-refractivity contribution in [2.45, 2.75) is 26.7 Å². The average Bonchev–Trinajstić information content (AvgIpc) is 2.79. The highest BCUT2D eigenvalue weighted by Crippen LogP contribution is 2.24. The molecule has 0 aliphatic carbocycles. The fourth-order valence-corrected chi connectivity index (χ4v) is 3.70. The standard InChI is InChI=1S/C25H28N4O2/c1-18-12-14-29(15-13-18)24-11-10-22(27-28-24)20-7-5-8-21(16-20)26-25(30)17-31-23-9-4-3-6-19(23)2/h3-11,16,18H,12-15,17H2,1-2H3,(H,26,30). The summed E-state index contributed by atoms with van der Waals surface area (Å²) in [5.74, 6) is 2.21. The van der Waals surface area contributed by atoms with Gasteiger partial charge in [0.25, 0.3) is 5.91 Å². The van der Waals surface area contributed by atoms with Crippen LogP contribution in [0, 0.1) is 12.8 Å². The Labute approximate surface area is 183 Å². The molecular formula is C25H28N4O2. The number of hydrogen-bond acceptors (Lipinski definition) is 5. The first-order chi connectivity index (χ1) is 15.1. The number of para-hydroxylation sites is 1. The average molecular weight is 417 g/mol. The van der Waals surface area contributed by atoms with Crippen LogP contribution >= 0.6 is 0 Å². The van der Waals surface area contributed by atoms with Crippen LogP contribution in [0.25, 0.3) is 11.3 Å². The minimum atomic E-state index is -0.207. The topological polar surface area (TPSA) is 67.3 Å². The summed E-state index contributed by atoms with van der Waals surface area (Å²) in [5, 5.41) is 11.7. The summed E-state index contributed by atoms with van der Waals surface area (Å²) in [7, 11) is 0. The van der Waals surface area contributed by atoms with Gasteiger partial charge in [-0.05, 0) is 61.6 Å². The van der Waals surface area contributed by atoms with Crippen LogP contribution in [0.3, 0.4) is 0 Å². The minimum Gasteiger partial charge on any atom is -0.483 e. The summed E-state index contributed by atoms with van der Waals surface area (Å²) in [6.07, 6.45) is 2.39. The number of carbonyl (C=O) groups is 1. The van der Waals surface area contributed by atoms with E-state index in [0.29, 0.717) is 11.4 Å². The quantitative estimate of drug-likeness (QED) is 0.631. The molecule has 2 aromatic carbocycles. The third-order valence-corrected chi connectivity index (χ3v) is 5.65. The fraction of sp³-hybridized carbons (Fsp3) is 0.320. The van der Waals surface area contributed by atoms with Gasteiger partial charge in [-0.1, -0.05) is 37.3 Å². The molecule has 1 saturated heterocycles. The van der Waals surface area contributed by atoms with E-state index in [1.807, 2.05) is 67.6 Å². The summed E-state index contributed by atoms with van der Waals surface area (Å²) in [5.41, 5.74) is 3.38. The Morgan fingerprint density at radius 3 is 2.61 bits per heavy atom. The summed E-state index contributed by atoms with van der Waals surface area (Å²) >= 11 is 0. The number of amides is 1. The second-order valence-electron chi connectivity index (χ2n) is 8.13. The molecule has 31 heavy (non-hydrogen) atoms. The highest BCUT2D eigenvalue weighted by atomic mass is 16.5. The summed E-state index contributed by atoms with van der Waals surface area (Å²) in [4.78, 5) is 14.6. The van der Waals surface area contributed by atoms with E-state index in [2.05, 4.69) is 27.3 Å². The van der Waals surface area contributed by atoms with Gasteiger partial charge in [-0.25, -0.2) is 0 Å². The lowest BCUT2D eigenvalue weighted by Crippen LogP contribution is -2.33. The molecule has 0 radical (unpaired) electrons. The molecular weight excluding hydrogens is 388 g/mol. The lowest BCUT2D eigenvalue weighted by molar-refractivity contribution is -0.118. The molecule has 0 bridgehead atoms. The monoisotopic (exact) mass is 416 g/mol. The van der Waals surface area contributed by atoms with Gasteiger partial charge in [-0.15, -0.1) is 10.2 Å². The highest BCUT2D eigenvalue weighted by Gasteiger charge is 2.17. The van der Waals surface area contributed by atoms with Crippen molar-refractivity contribution in [3.05, 3.63) is 66.2 Å². The number of nitrogens with one attached hydrogen (secondary N) is 1. The maximum atomic E-state index is 12.3. The third kappa shape index (κ3) is 5.40. The molecule has 6 heteroatoms. The number of aromatic nitrogens is 2. The number of rotatable bonds is 6. The van der Waals surface area contributed by atoms with Crippen LogP contribution in [0.1, 0.15) is 25.3 Å². The molecule has 0 unspecified atom stereocenters. The van der Waals surface area contributed by atoms with E-state index in [4.69, 9.17) is 4.74 Å². The Balaban J connectivity index is 1.37. The molecule has 1 fully saturated rings. The van der Waals surface area contributed by atoms with Crippen LogP contribution in [0.2, 0.25) is 0 Å². The van der Waals surface area contributed by atoms with E-state index in [9.17, 15) is 4.79 Å². The van der Waals surface area contributed by atoms with Crippen molar-refractivity contribution in [3.8, 4) is 17.0 Å². The number of anilines is 2. The van der Waals surface area contributed by atoms with Crippen LogP contribution < -0.4 is 15.0 Å². The van der Waals surface area contributed by atoms with Crippen LogP contribution in [-0.2, 0) is 4.79 Å². The van der Waals surface area contributed by atoms with Crippen molar-refractivity contribution in [2.24, 2.45) is 5.92 Å². The second-order valence-corrected chi connectivity index (χ2v) is 8.13. The van der Waals surface area contributed by atoms with Gasteiger partial charge in [-0.3, -0.25) is 4.79 Å². The van der Waals surface area contributed by atoms with Gasteiger partial charge in [0.05, 0.1) is 5.69 Å². The fourth-order valence-electron chi connectivity index (χ4n) is 3.70. The Hall–Kier alpha value is -3.41. The molecule has 1 aliphatic heterocycles. The zero-order valence-corrected chi connectivity index (χ0v) is 18.0. The maximum absolute atomic E-state index is 12.3. The number of carbonyl (C=O) groups excluding carboxylic acids is 1. The van der Waals surface area contributed by atoms with Crippen molar-refractivity contribution >= 4 is 17.4 Å². The first-order valence-electron chi connectivity index (χ1n) is 10.8. The van der Waals surface area contributed by atoms with E-state index in [1.165, 1.54) is 12.8 Å². The van der Waals surface area contributed by atoms with Crippen molar-refractivity contribution < 1.29 is 9.53 Å². The van der Waals surface area contributed by atoms with Crippen LogP contribution in [-0.4, -0.2) is 35.8 Å². The summed E-state index contributed by atoms with van der Waals surface area (Å²) in [6.45, 7) is 6.27. The smallest absolute Gasteiger partial charge is 0.262 e. The van der Waals surface area contributed by atoms with Gasteiger partial charge in [0.15, 0.2) is 12.4 Å². The molecule has 1 aliphatic rings. The molecule has 3 aromatic rings. The molecule has 0 saturated carbocycles.